The van der Waals surface area contributed by atoms with Crippen LogP contribution in [0.15, 0.2) is 53.6 Å². The van der Waals surface area contributed by atoms with E-state index in [1.54, 1.807) is 6.20 Å². The minimum atomic E-state index is 0.460. The number of rotatable bonds is 10. The lowest BCUT2D eigenvalue weighted by Gasteiger charge is -2.23. The highest BCUT2D eigenvalue weighted by molar-refractivity contribution is 8.00. The minimum absolute atomic E-state index is 0.460. The molecule has 0 spiro atoms. The van der Waals surface area contributed by atoms with E-state index < -0.39 is 0 Å². The number of thioether (sulfide) groups is 1. The van der Waals surface area contributed by atoms with Crippen molar-refractivity contribution in [1.29, 1.82) is 0 Å². The maximum Gasteiger partial charge on any atom is 0.229 e. The first kappa shape index (κ1) is 27.9. The molecule has 1 aromatic heterocycles. The van der Waals surface area contributed by atoms with E-state index in [2.05, 4.69) is 69.8 Å². The number of likely N-dealkylation sites (N-methyl/N-ethyl adjacent to an activating group) is 1. The number of anilines is 5. The van der Waals surface area contributed by atoms with Gasteiger partial charge in [0.05, 0.1) is 24.2 Å². The summed E-state index contributed by atoms with van der Waals surface area (Å²) in [7, 11) is 4.30. The predicted molar refractivity (Wildman–Crippen MR) is 165 cm³/mol. The Morgan fingerprint density at radius 1 is 1.05 bits per heavy atom. The van der Waals surface area contributed by atoms with Crippen molar-refractivity contribution in [3.63, 3.8) is 0 Å². The van der Waals surface area contributed by atoms with Gasteiger partial charge in [-0.15, -0.1) is 11.8 Å². The molecule has 0 bridgehead atoms. The standard InChI is InChI=1S/C30H39ClN6OS/c1-4-38-27-18-21(37-17-16-22(20-37)36(2)3)14-15-25(27)34-30-32-19-24(31)29(35-30)33-26-12-8-9-13-28(26)39-23-10-6-5-7-11-23/h8-9,12-15,18-19,22-23H,4-7,10-11,16-17,20H2,1-3H3,(H2,32,33,34,35)/t22-/m0/s1. The summed E-state index contributed by atoms with van der Waals surface area (Å²) in [5.74, 6) is 1.82. The van der Waals surface area contributed by atoms with Crippen LogP contribution < -0.4 is 20.3 Å². The summed E-state index contributed by atoms with van der Waals surface area (Å²) in [5.41, 5.74) is 3.01. The van der Waals surface area contributed by atoms with Gasteiger partial charge in [0.25, 0.3) is 0 Å². The van der Waals surface area contributed by atoms with Crippen molar-refractivity contribution in [2.24, 2.45) is 0 Å². The van der Waals surface area contributed by atoms with Crippen molar-refractivity contribution in [2.75, 3.05) is 49.3 Å². The molecule has 3 aromatic rings. The minimum Gasteiger partial charge on any atom is -0.492 e. The normalized spacial score (nSPS) is 18.0. The molecule has 0 unspecified atom stereocenters. The van der Waals surface area contributed by atoms with E-state index >= 15 is 0 Å². The zero-order valence-electron chi connectivity index (χ0n) is 23.1. The molecule has 7 nitrogen and oxygen atoms in total. The first-order valence-electron chi connectivity index (χ1n) is 14.0. The van der Waals surface area contributed by atoms with Crippen LogP contribution in [0, 0.1) is 0 Å². The summed E-state index contributed by atoms with van der Waals surface area (Å²) in [6, 6.07) is 15.2. The molecule has 2 fully saturated rings. The number of nitrogens with zero attached hydrogens (tertiary/aromatic N) is 4. The van der Waals surface area contributed by atoms with Gasteiger partial charge in [-0.1, -0.05) is 43.0 Å². The van der Waals surface area contributed by atoms with Crippen molar-refractivity contribution in [2.45, 2.75) is 61.6 Å². The molecule has 2 aromatic carbocycles. The summed E-state index contributed by atoms with van der Waals surface area (Å²) in [5, 5.41) is 7.96. The summed E-state index contributed by atoms with van der Waals surface area (Å²) in [6.45, 7) is 4.62. The lowest BCUT2D eigenvalue weighted by molar-refractivity contribution is 0.315. The highest BCUT2D eigenvalue weighted by Crippen LogP contribution is 2.39. The highest BCUT2D eigenvalue weighted by atomic mass is 35.5. The molecule has 39 heavy (non-hydrogen) atoms. The van der Waals surface area contributed by atoms with Crippen molar-refractivity contribution < 1.29 is 4.74 Å². The number of para-hydroxylation sites is 1. The van der Waals surface area contributed by atoms with Crippen LogP contribution >= 0.6 is 23.4 Å². The van der Waals surface area contributed by atoms with E-state index in [4.69, 9.17) is 21.3 Å². The maximum atomic E-state index is 6.55. The molecule has 2 N–H and O–H groups in total. The van der Waals surface area contributed by atoms with Crippen LogP contribution in [0.1, 0.15) is 45.4 Å². The van der Waals surface area contributed by atoms with E-state index in [1.165, 1.54) is 42.7 Å². The number of hydrogen-bond donors (Lipinski definition) is 2. The number of benzene rings is 2. The second-order valence-electron chi connectivity index (χ2n) is 10.5. The second-order valence-corrected chi connectivity index (χ2v) is 12.2. The zero-order valence-corrected chi connectivity index (χ0v) is 24.7. The number of hydrogen-bond acceptors (Lipinski definition) is 8. The van der Waals surface area contributed by atoms with Gasteiger partial charge in [0.1, 0.15) is 10.8 Å². The number of nitrogens with one attached hydrogen (secondary N) is 2. The van der Waals surface area contributed by atoms with E-state index in [1.807, 2.05) is 30.8 Å². The van der Waals surface area contributed by atoms with Crippen LogP contribution in [0.25, 0.3) is 0 Å². The Morgan fingerprint density at radius 2 is 1.87 bits per heavy atom. The van der Waals surface area contributed by atoms with Gasteiger partial charge >= 0.3 is 0 Å². The predicted octanol–water partition coefficient (Wildman–Crippen LogP) is 7.58. The van der Waals surface area contributed by atoms with Gasteiger partial charge < -0.3 is 25.2 Å². The number of halogens is 1. The Hall–Kier alpha value is -2.68. The van der Waals surface area contributed by atoms with Gasteiger partial charge in [0.2, 0.25) is 5.95 Å². The first-order chi connectivity index (χ1) is 19.0. The molecule has 1 atom stereocenters. The maximum absolute atomic E-state index is 6.55. The summed E-state index contributed by atoms with van der Waals surface area (Å²) in [4.78, 5) is 15.1. The lowest BCUT2D eigenvalue weighted by Crippen LogP contribution is -2.31. The van der Waals surface area contributed by atoms with Crippen molar-refractivity contribution in [1.82, 2.24) is 14.9 Å². The molecule has 2 heterocycles. The molecule has 208 valence electrons. The molecule has 5 rings (SSSR count). The van der Waals surface area contributed by atoms with Crippen molar-refractivity contribution in [3.8, 4) is 5.75 Å². The van der Waals surface area contributed by atoms with Crippen LogP contribution in [0.2, 0.25) is 5.02 Å². The van der Waals surface area contributed by atoms with Crippen molar-refractivity contribution in [3.05, 3.63) is 53.7 Å². The average molecular weight is 567 g/mol. The van der Waals surface area contributed by atoms with Crippen LogP contribution in [-0.2, 0) is 0 Å². The van der Waals surface area contributed by atoms with Crippen LogP contribution in [0.5, 0.6) is 5.75 Å². The van der Waals surface area contributed by atoms with Crippen LogP contribution in [0.4, 0.5) is 28.8 Å². The van der Waals surface area contributed by atoms with E-state index in [-0.39, 0.29) is 0 Å². The van der Waals surface area contributed by atoms with Gasteiger partial charge in [0, 0.05) is 41.0 Å². The highest BCUT2D eigenvalue weighted by Gasteiger charge is 2.25. The van der Waals surface area contributed by atoms with Crippen LogP contribution in [-0.4, -0.2) is 60.0 Å². The molecule has 2 aliphatic rings. The summed E-state index contributed by atoms with van der Waals surface area (Å²) < 4.78 is 6.02. The van der Waals surface area contributed by atoms with Gasteiger partial charge in [-0.3, -0.25) is 0 Å². The molecule has 1 saturated heterocycles. The molecule has 0 amide bonds. The Kier molecular flexibility index (Phi) is 9.37. The molecular formula is C30H39ClN6OS. The second kappa shape index (κ2) is 13.1. The molecular weight excluding hydrogens is 528 g/mol. The van der Waals surface area contributed by atoms with Gasteiger partial charge in [0.15, 0.2) is 5.82 Å². The number of aromatic nitrogens is 2. The average Bonchev–Trinajstić information content (AvgIpc) is 3.44. The molecule has 1 saturated carbocycles. The first-order valence-corrected chi connectivity index (χ1v) is 15.3. The fraction of sp³-hybridized carbons (Fsp3) is 0.467. The fourth-order valence-electron chi connectivity index (χ4n) is 5.28. The van der Waals surface area contributed by atoms with Gasteiger partial charge in [-0.05, 0) is 64.5 Å². The van der Waals surface area contributed by atoms with E-state index in [0.717, 1.165) is 36.6 Å². The zero-order chi connectivity index (χ0) is 27.2. The summed E-state index contributed by atoms with van der Waals surface area (Å²) in [6.07, 6.45) is 9.33. The van der Waals surface area contributed by atoms with Gasteiger partial charge in [-0.25, -0.2) is 4.98 Å². The van der Waals surface area contributed by atoms with Gasteiger partial charge in [-0.2, -0.15) is 4.98 Å². The smallest absolute Gasteiger partial charge is 0.229 e. The molecule has 1 aliphatic heterocycles. The summed E-state index contributed by atoms with van der Waals surface area (Å²) >= 11 is 8.50. The fourth-order valence-corrected chi connectivity index (χ4v) is 6.75. The van der Waals surface area contributed by atoms with Crippen molar-refractivity contribution >= 4 is 52.2 Å². The molecule has 1 aliphatic carbocycles. The Balaban J connectivity index is 1.33. The van der Waals surface area contributed by atoms with E-state index in [0.29, 0.717) is 34.7 Å². The molecule has 0 radical (unpaired) electrons. The Labute approximate surface area is 241 Å². The third-order valence-corrected chi connectivity index (χ3v) is 9.19. The quantitative estimate of drug-likeness (QED) is 0.260. The third-order valence-electron chi connectivity index (χ3n) is 7.50. The Morgan fingerprint density at radius 3 is 2.64 bits per heavy atom. The van der Waals surface area contributed by atoms with Crippen LogP contribution in [0.3, 0.4) is 0 Å². The largest absolute Gasteiger partial charge is 0.492 e. The molecule has 9 heteroatoms. The van der Waals surface area contributed by atoms with E-state index in [9.17, 15) is 0 Å². The monoisotopic (exact) mass is 566 g/mol. The third kappa shape index (κ3) is 7.10. The number of ether oxygens (including phenoxy) is 1. The lowest BCUT2D eigenvalue weighted by atomic mass is 10.0. The Bertz CT molecular complexity index is 1250. The SMILES string of the molecule is CCOc1cc(N2CC[C@H](N(C)C)C2)ccc1Nc1ncc(Cl)c(Nc2ccccc2SC2CCCCC2)n1. The topological polar surface area (TPSA) is 65.6 Å².